The normalized spacial score (nSPS) is 18.7. The van der Waals surface area contributed by atoms with E-state index in [0.29, 0.717) is 0 Å². The number of nitrogens with one attached hydrogen (secondary N) is 1. The Balaban J connectivity index is 2.44. The van der Waals surface area contributed by atoms with E-state index in [1.807, 2.05) is 25.2 Å². The van der Waals surface area contributed by atoms with Crippen molar-refractivity contribution >= 4 is 27.5 Å². The van der Waals surface area contributed by atoms with Crippen LogP contribution in [0.2, 0.25) is 5.02 Å². The van der Waals surface area contributed by atoms with Gasteiger partial charge in [-0.25, -0.2) is 0 Å². The van der Waals surface area contributed by atoms with Gasteiger partial charge in [0.05, 0.1) is 0 Å². The maximum Gasteiger partial charge on any atom is 0.0445 e. The number of benzene rings is 1. The SMILES string of the molecule is CNC1(c2cc(Cl)ccc2Br)CC1. The molecule has 0 saturated heterocycles. The van der Waals surface area contributed by atoms with Crippen LogP contribution in [0, 0.1) is 0 Å². The Morgan fingerprint density at radius 3 is 2.69 bits per heavy atom. The lowest BCUT2D eigenvalue weighted by molar-refractivity contribution is 0.583. The van der Waals surface area contributed by atoms with Crippen LogP contribution in [0.15, 0.2) is 22.7 Å². The highest BCUT2D eigenvalue weighted by Gasteiger charge is 2.43. The van der Waals surface area contributed by atoms with Crippen LogP contribution in [0.5, 0.6) is 0 Å². The van der Waals surface area contributed by atoms with Gasteiger partial charge in [-0.1, -0.05) is 27.5 Å². The fourth-order valence-corrected chi connectivity index (χ4v) is 2.44. The maximum atomic E-state index is 5.96. The zero-order valence-corrected chi connectivity index (χ0v) is 9.74. The summed E-state index contributed by atoms with van der Waals surface area (Å²) in [4.78, 5) is 0. The quantitative estimate of drug-likeness (QED) is 0.860. The Bertz CT molecular complexity index is 334. The Labute approximate surface area is 91.6 Å². The molecule has 1 fully saturated rings. The van der Waals surface area contributed by atoms with E-state index in [-0.39, 0.29) is 5.54 Å². The topological polar surface area (TPSA) is 12.0 Å². The minimum absolute atomic E-state index is 0.184. The molecule has 0 radical (unpaired) electrons. The van der Waals surface area contributed by atoms with Crippen molar-refractivity contribution < 1.29 is 0 Å². The summed E-state index contributed by atoms with van der Waals surface area (Å²) in [5.41, 5.74) is 1.46. The van der Waals surface area contributed by atoms with Gasteiger partial charge in [-0.2, -0.15) is 0 Å². The fraction of sp³-hybridized carbons (Fsp3) is 0.400. The lowest BCUT2D eigenvalue weighted by Gasteiger charge is -2.16. The third-order valence-corrected chi connectivity index (χ3v) is 3.60. The minimum atomic E-state index is 0.184. The van der Waals surface area contributed by atoms with E-state index in [2.05, 4.69) is 21.2 Å². The third kappa shape index (κ3) is 1.63. The van der Waals surface area contributed by atoms with Gasteiger partial charge in [0.15, 0.2) is 0 Å². The zero-order valence-electron chi connectivity index (χ0n) is 7.40. The second kappa shape index (κ2) is 3.26. The van der Waals surface area contributed by atoms with Crippen LogP contribution in [0.3, 0.4) is 0 Å². The number of hydrogen-bond acceptors (Lipinski definition) is 1. The zero-order chi connectivity index (χ0) is 9.47. The molecule has 13 heavy (non-hydrogen) atoms. The molecule has 1 N–H and O–H groups in total. The van der Waals surface area contributed by atoms with Crippen molar-refractivity contribution in [3.05, 3.63) is 33.3 Å². The van der Waals surface area contributed by atoms with E-state index in [9.17, 15) is 0 Å². The Morgan fingerprint density at radius 1 is 1.46 bits per heavy atom. The molecule has 0 bridgehead atoms. The lowest BCUT2D eigenvalue weighted by Crippen LogP contribution is -2.24. The number of hydrogen-bond donors (Lipinski definition) is 1. The molecule has 0 amide bonds. The number of rotatable bonds is 2. The largest absolute Gasteiger partial charge is 0.310 e. The summed E-state index contributed by atoms with van der Waals surface area (Å²) in [6.45, 7) is 0. The van der Waals surface area contributed by atoms with E-state index < -0.39 is 0 Å². The summed E-state index contributed by atoms with van der Waals surface area (Å²) in [5.74, 6) is 0. The van der Waals surface area contributed by atoms with Crippen LogP contribution in [0.4, 0.5) is 0 Å². The molecule has 0 spiro atoms. The van der Waals surface area contributed by atoms with E-state index >= 15 is 0 Å². The van der Waals surface area contributed by atoms with Gasteiger partial charge in [-0.05, 0) is 43.7 Å². The maximum absolute atomic E-state index is 5.96. The predicted molar refractivity (Wildman–Crippen MR) is 59.1 cm³/mol. The Kier molecular flexibility index (Phi) is 2.39. The molecule has 1 aliphatic carbocycles. The Hall–Kier alpha value is -0.0500. The van der Waals surface area contributed by atoms with Crippen molar-refractivity contribution in [3.63, 3.8) is 0 Å². The fourth-order valence-electron chi connectivity index (χ4n) is 1.64. The van der Waals surface area contributed by atoms with E-state index in [0.717, 1.165) is 9.50 Å². The smallest absolute Gasteiger partial charge is 0.0445 e. The molecule has 0 atom stereocenters. The molecule has 0 heterocycles. The van der Waals surface area contributed by atoms with Gasteiger partial charge in [0.2, 0.25) is 0 Å². The minimum Gasteiger partial charge on any atom is -0.310 e. The summed E-state index contributed by atoms with van der Waals surface area (Å²) in [6, 6.07) is 5.95. The highest BCUT2D eigenvalue weighted by Crippen LogP contribution is 2.48. The van der Waals surface area contributed by atoms with E-state index in [1.165, 1.54) is 18.4 Å². The van der Waals surface area contributed by atoms with Crippen LogP contribution in [0.1, 0.15) is 18.4 Å². The van der Waals surface area contributed by atoms with Crippen LogP contribution in [-0.4, -0.2) is 7.05 Å². The molecule has 0 aromatic heterocycles. The standard InChI is InChI=1S/C10H11BrClN/c1-13-10(4-5-10)8-6-7(12)2-3-9(8)11/h2-3,6,13H,4-5H2,1H3. The molecule has 70 valence electrons. The van der Waals surface area contributed by atoms with Crippen LogP contribution < -0.4 is 5.32 Å². The van der Waals surface area contributed by atoms with Gasteiger partial charge in [0.1, 0.15) is 0 Å². The summed E-state index contributed by atoms with van der Waals surface area (Å²) >= 11 is 9.51. The molecule has 1 aliphatic rings. The van der Waals surface area contributed by atoms with Crippen molar-refractivity contribution in [3.8, 4) is 0 Å². The molecular weight excluding hydrogens is 249 g/mol. The van der Waals surface area contributed by atoms with Crippen molar-refractivity contribution in [1.29, 1.82) is 0 Å². The van der Waals surface area contributed by atoms with E-state index in [1.54, 1.807) is 0 Å². The summed E-state index contributed by atoms with van der Waals surface area (Å²) in [7, 11) is 2.00. The summed E-state index contributed by atoms with van der Waals surface area (Å²) in [6.07, 6.45) is 2.39. The highest BCUT2D eigenvalue weighted by molar-refractivity contribution is 9.10. The summed E-state index contributed by atoms with van der Waals surface area (Å²) in [5, 5.41) is 4.15. The van der Waals surface area contributed by atoms with Crippen molar-refractivity contribution in [2.45, 2.75) is 18.4 Å². The average molecular weight is 261 g/mol. The van der Waals surface area contributed by atoms with Gasteiger partial charge in [-0.3, -0.25) is 0 Å². The average Bonchev–Trinajstić information content (AvgIpc) is 2.90. The molecule has 0 unspecified atom stereocenters. The summed E-state index contributed by atoms with van der Waals surface area (Å²) < 4.78 is 1.14. The Morgan fingerprint density at radius 2 is 2.15 bits per heavy atom. The van der Waals surface area contributed by atoms with Crippen molar-refractivity contribution in [2.75, 3.05) is 7.05 Å². The predicted octanol–water partition coefficient (Wildman–Crippen LogP) is 3.31. The molecule has 1 saturated carbocycles. The molecule has 1 aromatic rings. The molecule has 1 aromatic carbocycles. The molecule has 0 aliphatic heterocycles. The van der Waals surface area contributed by atoms with Gasteiger partial charge < -0.3 is 5.32 Å². The van der Waals surface area contributed by atoms with Crippen molar-refractivity contribution in [1.82, 2.24) is 5.32 Å². The van der Waals surface area contributed by atoms with Gasteiger partial charge >= 0.3 is 0 Å². The van der Waals surface area contributed by atoms with Gasteiger partial charge in [0, 0.05) is 15.0 Å². The van der Waals surface area contributed by atoms with Crippen molar-refractivity contribution in [2.24, 2.45) is 0 Å². The number of halogens is 2. The second-order valence-electron chi connectivity index (χ2n) is 3.46. The first kappa shape index (κ1) is 9.50. The second-order valence-corrected chi connectivity index (χ2v) is 4.75. The molecule has 2 rings (SSSR count). The van der Waals surface area contributed by atoms with Crippen LogP contribution in [-0.2, 0) is 5.54 Å². The third-order valence-electron chi connectivity index (χ3n) is 2.67. The molecular formula is C10H11BrClN. The first-order chi connectivity index (χ1) is 6.18. The van der Waals surface area contributed by atoms with Gasteiger partial charge in [0.25, 0.3) is 0 Å². The monoisotopic (exact) mass is 259 g/mol. The van der Waals surface area contributed by atoms with E-state index in [4.69, 9.17) is 11.6 Å². The van der Waals surface area contributed by atoms with Crippen LogP contribution >= 0.6 is 27.5 Å². The van der Waals surface area contributed by atoms with Gasteiger partial charge in [-0.15, -0.1) is 0 Å². The lowest BCUT2D eigenvalue weighted by atomic mass is 10.1. The van der Waals surface area contributed by atoms with Crippen LogP contribution in [0.25, 0.3) is 0 Å². The first-order valence-corrected chi connectivity index (χ1v) is 5.49. The highest BCUT2D eigenvalue weighted by atomic mass is 79.9. The molecule has 3 heteroatoms. The first-order valence-electron chi connectivity index (χ1n) is 4.32. The molecule has 1 nitrogen and oxygen atoms in total.